The molecule has 1 aromatic rings. The number of nitrogens with one attached hydrogen (secondary N) is 2. The lowest BCUT2D eigenvalue weighted by molar-refractivity contribution is -0.130. The number of hydrogen-bond acceptors (Lipinski definition) is 3. The van der Waals surface area contributed by atoms with Crippen LogP contribution in [0, 0.1) is 13.8 Å². The molecule has 2 rings (SSSR count). The molecule has 6 heteroatoms. The van der Waals surface area contributed by atoms with Crippen LogP contribution in [0.1, 0.15) is 49.8 Å². The van der Waals surface area contributed by atoms with Crippen LogP contribution >= 0.6 is 0 Å². The summed E-state index contributed by atoms with van der Waals surface area (Å²) in [5.74, 6) is -0.284. The van der Waals surface area contributed by atoms with Crippen molar-refractivity contribution < 1.29 is 14.4 Å². The van der Waals surface area contributed by atoms with Gasteiger partial charge in [0.15, 0.2) is 0 Å². The van der Waals surface area contributed by atoms with Crippen LogP contribution < -0.4 is 10.6 Å². The predicted octanol–water partition coefficient (Wildman–Crippen LogP) is 2.46. The van der Waals surface area contributed by atoms with Crippen molar-refractivity contribution in [1.82, 2.24) is 15.5 Å². The van der Waals surface area contributed by atoms with Crippen molar-refractivity contribution in [3.63, 3.8) is 0 Å². The van der Waals surface area contributed by atoms with Gasteiger partial charge in [0.1, 0.15) is 5.54 Å². The standard InChI is InChI=1S/C20H29N3O3/c1-14-9-10-16(15(2)13-14)7-5-11-21-17(24)8-6-12-23-18(25)20(3,4)22-19(23)26/h9-10,13H,5-8,11-12H2,1-4H3,(H,21,24)(H,22,26). The summed E-state index contributed by atoms with van der Waals surface area (Å²) < 4.78 is 0. The van der Waals surface area contributed by atoms with E-state index in [9.17, 15) is 14.4 Å². The highest BCUT2D eigenvalue weighted by Gasteiger charge is 2.43. The number of carbonyl (C=O) groups is 3. The summed E-state index contributed by atoms with van der Waals surface area (Å²) in [6, 6.07) is 6.05. The lowest BCUT2D eigenvalue weighted by atomic mass is 10.0. The first-order valence-corrected chi connectivity index (χ1v) is 9.17. The van der Waals surface area contributed by atoms with Gasteiger partial charge in [-0.3, -0.25) is 14.5 Å². The largest absolute Gasteiger partial charge is 0.356 e. The summed E-state index contributed by atoms with van der Waals surface area (Å²) >= 11 is 0. The van der Waals surface area contributed by atoms with E-state index in [0.29, 0.717) is 19.4 Å². The van der Waals surface area contributed by atoms with Crippen molar-refractivity contribution >= 4 is 17.8 Å². The van der Waals surface area contributed by atoms with Crippen LogP contribution in [0.5, 0.6) is 0 Å². The molecule has 0 unspecified atom stereocenters. The first-order valence-electron chi connectivity index (χ1n) is 9.17. The van der Waals surface area contributed by atoms with E-state index in [0.717, 1.165) is 12.8 Å². The summed E-state index contributed by atoms with van der Waals surface area (Å²) in [5, 5.41) is 5.54. The number of hydrogen-bond donors (Lipinski definition) is 2. The van der Waals surface area contributed by atoms with Gasteiger partial charge in [0.2, 0.25) is 5.91 Å². The Kier molecular flexibility index (Phi) is 6.40. The highest BCUT2D eigenvalue weighted by molar-refractivity contribution is 6.06. The third-order valence-corrected chi connectivity index (χ3v) is 4.67. The average molecular weight is 359 g/mol. The Bertz CT molecular complexity index is 698. The number of carbonyl (C=O) groups excluding carboxylic acids is 3. The van der Waals surface area contributed by atoms with Crippen LogP contribution in [0.3, 0.4) is 0 Å². The van der Waals surface area contributed by atoms with Gasteiger partial charge in [-0.1, -0.05) is 23.8 Å². The van der Waals surface area contributed by atoms with E-state index in [4.69, 9.17) is 0 Å². The predicted molar refractivity (Wildman–Crippen MR) is 101 cm³/mol. The molecular weight excluding hydrogens is 330 g/mol. The number of amides is 4. The minimum absolute atomic E-state index is 0.0445. The molecule has 6 nitrogen and oxygen atoms in total. The van der Waals surface area contributed by atoms with E-state index in [-0.39, 0.29) is 24.4 Å². The summed E-state index contributed by atoms with van der Waals surface area (Å²) in [6.07, 6.45) is 2.60. The minimum Gasteiger partial charge on any atom is -0.356 e. The topological polar surface area (TPSA) is 78.5 Å². The zero-order chi connectivity index (χ0) is 19.3. The molecule has 1 heterocycles. The zero-order valence-corrected chi connectivity index (χ0v) is 16.1. The molecule has 4 amide bonds. The second-order valence-corrected chi connectivity index (χ2v) is 7.50. The lowest BCUT2D eigenvalue weighted by Crippen LogP contribution is -2.40. The van der Waals surface area contributed by atoms with Crippen LogP contribution in [0.2, 0.25) is 0 Å². The number of nitrogens with zero attached hydrogens (tertiary/aromatic N) is 1. The average Bonchev–Trinajstić information content (AvgIpc) is 2.74. The van der Waals surface area contributed by atoms with E-state index in [1.807, 2.05) is 0 Å². The van der Waals surface area contributed by atoms with Crippen molar-refractivity contribution in [2.45, 2.75) is 58.9 Å². The molecule has 0 aliphatic carbocycles. The van der Waals surface area contributed by atoms with E-state index in [1.54, 1.807) is 13.8 Å². The fourth-order valence-corrected chi connectivity index (χ4v) is 3.14. The van der Waals surface area contributed by atoms with Gasteiger partial charge in [-0.05, 0) is 58.1 Å². The van der Waals surface area contributed by atoms with Crippen molar-refractivity contribution in [1.29, 1.82) is 0 Å². The van der Waals surface area contributed by atoms with E-state index >= 15 is 0 Å². The monoisotopic (exact) mass is 359 g/mol. The molecule has 0 radical (unpaired) electrons. The number of rotatable bonds is 8. The maximum Gasteiger partial charge on any atom is 0.325 e. The Balaban J connectivity index is 1.64. The number of benzene rings is 1. The van der Waals surface area contributed by atoms with E-state index < -0.39 is 5.54 Å². The Hall–Kier alpha value is -2.37. The Morgan fingerprint density at radius 3 is 2.54 bits per heavy atom. The lowest BCUT2D eigenvalue weighted by Gasteiger charge is -2.15. The maximum atomic E-state index is 12.0. The molecule has 0 atom stereocenters. The molecule has 1 aromatic carbocycles. The fourth-order valence-electron chi connectivity index (χ4n) is 3.14. The van der Waals surface area contributed by atoms with E-state index in [1.165, 1.54) is 21.6 Å². The van der Waals surface area contributed by atoms with Gasteiger partial charge in [0.25, 0.3) is 5.91 Å². The highest BCUT2D eigenvalue weighted by Crippen LogP contribution is 2.17. The van der Waals surface area contributed by atoms with Gasteiger partial charge < -0.3 is 10.6 Å². The fraction of sp³-hybridized carbons (Fsp3) is 0.550. The van der Waals surface area contributed by atoms with Gasteiger partial charge in [-0.15, -0.1) is 0 Å². The molecule has 2 N–H and O–H groups in total. The molecule has 0 spiro atoms. The summed E-state index contributed by atoms with van der Waals surface area (Å²) in [4.78, 5) is 36.9. The molecule has 0 bridgehead atoms. The molecule has 1 aliphatic rings. The molecule has 26 heavy (non-hydrogen) atoms. The molecule has 1 aliphatic heterocycles. The Morgan fingerprint density at radius 2 is 1.92 bits per heavy atom. The zero-order valence-electron chi connectivity index (χ0n) is 16.1. The van der Waals surface area contributed by atoms with Gasteiger partial charge in [-0.25, -0.2) is 4.79 Å². The van der Waals surface area contributed by atoms with Crippen molar-refractivity contribution in [3.8, 4) is 0 Å². The Morgan fingerprint density at radius 1 is 1.19 bits per heavy atom. The molecule has 0 aromatic heterocycles. The van der Waals surface area contributed by atoms with Gasteiger partial charge in [0.05, 0.1) is 0 Å². The molecular formula is C20H29N3O3. The van der Waals surface area contributed by atoms with Crippen LogP contribution in [0.15, 0.2) is 18.2 Å². The quantitative estimate of drug-likeness (QED) is 0.553. The third-order valence-electron chi connectivity index (χ3n) is 4.67. The van der Waals surface area contributed by atoms with Gasteiger partial charge in [-0.2, -0.15) is 0 Å². The maximum absolute atomic E-state index is 12.0. The van der Waals surface area contributed by atoms with Crippen LogP contribution in [-0.4, -0.2) is 41.4 Å². The number of imide groups is 1. The minimum atomic E-state index is -0.854. The summed E-state index contributed by atoms with van der Waals surface area (Å²) in [6.45, 7) is 8.44. The van der Waals surface area contributed by atoms with Crippen molar-refractivity contribution in [2.75, 3.05) is 13.1 Å². The van der Waals surface area contributed by atoms with Crippen LogP contribution in [0.25, 0.3) is 0 Å². The van der Waals surface area contributed by atoms with Crippen LogP contribution in [-0.2, 0) is 16.0 Å². The third kappa shape index (κ3) is 5.07. The molecule has 1 saturated heterocycles. The van der Waals surface area contributed by atoms with Crippen molar-refractivity contribution in [3.05, 3.63) is 34.9 Å². The summed E-state index contributed by atoms with van der Waals surface area (Å²) in [7, 11) is 0. The summed E-state index contributed by atoms with van der Waals surface area (Å²) in [5.41, 5.74) is 3.00. The van der Waals surface area contributed by atoms with E-state index in [2.05, 4.69) is 42.7 Å². The molecule has 142 valence electrons. The second-order valence-electron chi connectivity index (χ2n) is 7.50. The SMILES string of the molecule is Cc1ccc(CCCNC(=O)CCCN2C(=O)NC(C)(C)C2=O)c(C)c1. The van der Waals surface area contributed by atoms with Crippen molar-refractivity contribution in [2.24, 2.45) is 0 Å². The first kappa shape index (κ1) is 19.9. The number of aryl methyl sites for hydroxylation is 3. The normalized spacial score (nSPS) is 15.9. The number of urea groups is 1. The smallest absolute Gasteiger partial charge is 0.325 e. The molecule has 1 fully saturated rings. The van der Waals surface area contributed by atoms with Crippen LogP contribution in [0.4, 0.5) is 4.79 Å². The van der Waals surface area contributed by atoms with Gasteiger partial charge in [0, 0.05) is 19.5 Å². The highest BCUT2D eigenvalue weighted by atomic mass is 16.2. The molecule has 0 saturated carbocycles. The Labute approximate surface area is 155 Å². The second kappa shape index (κ2) is 8.34. The van der Waals surface area contributed by atoms with Gasteiger partial charge >= 0.3 is 6.03 Å². The first-order chi connectivity index (χ1) is 12.2.